The number of nitrogens with one attached hydrogen (secondary N) is 1. The minimum Gasteiger partial charge on any atom is -0.469 e. The van der Waals surface area contributed by atoms with Gasteiger partial charge in [0.25, 0.3) is 0 Å². The molecule has 0 aromatic carbocycles. The Bertz CT molecular complexity index is 321. The lowest BCUT2D eigenvalue weighted by Gasteiger charge is -2.25. The van der Waals surface area contributed by atoms with Gasteiger partial charge < -0.3 is 15.8 Å². The fraction of sp³-hybridized carbons (Fsp3) is 0.875. The second kappa shape index (κ2) is 10.6. The van der Waals surface area contributed by atoms with Crippen LogP contribution in [0, 0.1) is 5.92 Å². The Kier molecular flexibility index (Phi) is 9.06. The summed E-state index contributed by atoms with van der Waals surface area (Å²) in [5.74, 6) is 0.164. The van der Waals surface area contributed by atoms with Crippen molar-refractivity contribution < 1.29 is 14.3 Å². The Balaban J connectivity index is 1.94. The Morgan fingerprint density at radius 3 is 2.57 bits per heavy atom. The van der Waals surface area contributed by atoms with Crippen molar-refractivity contribution in [2.45, 2.75) is 70.3 Å². The molecular formula is C16H30N2O3. The van der Waals surface area contributed by atoms with Crippen molar-refractivity contribution in [1.29, 1.82) is 0 Å². The van der Waals surface area contributed by atoms with E-state index in [4.69, 9.17) is 5.73 Å². The predicted octanol–water partition coefficient (Wildman–Crippen LogP) is 2.13. The summed E-state index contributed by atoms with van der Waals surface area (Å²) in [6, 6.07) is 0.198. The third-order valence-corrected chi connectivity index (χ3v) is 4.17. The number of carbonyl (C=O) groups is 2. The van der Waals surface area contributed by atoms with Crippen molar-refractivity contribution in [2.75, 3.05) is 13.7 Å². The van der Waals surface area contributed by atoms with Gasteiger partial charge in [0.15, 0.2) is 0 Å². The number of hydrogen-bond donors (Lipinski definition) is 2. The second-order valence-electron chi connectivity index (χ2n) is 6.01. The van der Waals surface area contributed by atoms with E-state index in [1.807, 2.05) is 0 Å². The molecule has 1 amide bonds. The Labute approximate surface area is 128 Å². The molecule has 1 aliphatic carbocycles. The van der Waals surface area contributed by atoms with E-state index in [0.29, 0.717) is 6.42 Å². The summed E-state index contributed by atoms with van der Waals surface area (Å²) < 4.78 is 4.59. The molecule has 5 heteroatoms. The van der Waals surface area contributed by atoms with Crippen molar-refractivity contribution in [3.63, 3.8) is 0 Å². The van der Waals surface area contributed by atoms with Gasteiger partial charge in [-0.3, -0.25) is 9.59 Å². The van der Waals surface area contributed by atoms with Gasteiger partial charge in [0.05, 0.1) is 7.11 Å². The van der Waals surface area contributed by atoms with Crippen LogP contribution in [0.3, 0.4) is 0 Å². The van der Waals surface area contributed by atoms with Crippen LogP contribution in [0.1, 0.15) is 64.2 Å². The second-order valence-corrected chi connectivity index (χ2v) is 6.01. The fourth-order valence-electron chi connectivity index (χ4n) is 2.85. The van der Waals surface area contributed by atoms with Crippen LogP contribution >= 0.6 is 0 Å². The van der Waals surface area contributed by atoms with Crippen LogP contribution in [0.5, 0.6) is 0 Å². The Hall–Kier alpha value is -1.10. The first-order valence-corrected chi connectivity index (χ1v) is 8.23. The number of esters is 1. The zero-order valence-corrected chi connectivity index (χ0v) is 13.2. The van der Waals surface area contributed by atoms with E-state index in [-0.39, 0.29) is 23.8 Å². The molecule has 0 heterocycles. The molecule has 1 saturated carbocycles. The maximum Gasteiger partial charge on any atom is 0.305 e. The lowest BCUT2D eigenvalue weighted by molar-refractivity contribution is -0.140. The van der Waals surface area contributed by atoms with Gasteiger partial charge in [0, 0.05) is 24.9 Å². The largest absolute Gasteiger partial charge is 0.469 e. The highest BCUT2D eigenvalue weighted by atomic mass is 16.5. The molecule has 0 aromatic heterocycles. The maximum atomic E-state index is 12.0. The molecule has 2 atom stereocenters. The molecule has 3 N–H and O–H groups in total. The van der Waals surface area contributed by atoms with Crippen molar-refractivity contribution in [1.82, 2.24) is 5.32 Å². The summed E-state index contributed by atoms with van der Waals surface area (Å²) >= 11 is 0. The number of nitrogens with two attached hydrogens (primary N) is 1. The molecule has 1 fully saturated rings. The SMILES string of the molecule is COC(=O)CCCCCCCNC(=O)C1CCCC(N)C1. The lowest BCUT2D eigenvalue weighted by Crippen LogP contribution is -2.38. The summed E-state index contributed by atoms with van der Waals surface area (Å²) in [6.45, 7) is 0.752. The average Bonchev–Trinajstić information content (AvgIpc) is 2.49. The first kappa shape index (κ1) is 18.0. The summed E-state index contributed by atoms with van der Waals surface area (Å²) in [5.41, 5.74) is 5.90. The molecule has 1 aliphatic rings. The molecule has 21 heavy (non-hydrogen) atoms. The van der Waals surface area contributed by atoms with E-state index in [1.165, 1.54) is 7.11 Å². The molecule has 122 valence electrons. The van der Waals surface area contributed by atoms with Gasteiger partial charge in [-0.05, 0) is 32.1 Å². The molecule has 5 nitrogen and oxygen atoms in total. The first-order valence-electron chi connectivity index (χ1n) is 8.23. The maximum absolute atomic E-state index is 12.0. The van der Waals surface area contributed by atoms with Gasteiger partial charge in [0.2, 0.25) is 5.91 Å². The van der Waals surface area contributed by atoms with Crippen LogP contribution in [0.15, 0.2) is 0 Å². The first-order chi connectivity index (χ1) is 10.1. The lowest BCUT2D eigenvalue weighted by atomic mass is 9.85. The van der Waals surface area contributed by atoms with Gasteiger partial charge in [-0.2, -0.15) is 0 Å². The zero-order chi connectivity index (χ0) is 15.5. The van der Waals surface area contributed by atoms with Crippen molar-refractivity contribution in [3.8, 4) is 0 Å². The molecule has 0 aromatic rings. The minimum absolute atomic E-state index is 0.119. The van der Waals surface area contributed by atoms with E-state index in [0.717, 1.165) is 64.3 Å². The molecule has 1 rings (SSSR count). The average molecular weight is 298 g/mol. The third-order valence-electron chi connectivity index (χ3n) is 4.17. The third kappa shape index (κ3) is 8.05. The van der Waals surface area contributed by atoms with Crippen LogP contribution in [0.25, 0.3) is 0 Å². The summed E-state index contributed by atoms with van der Waals surface area (Å²) in [4.78, 5) is 22.9. The number of ether oxygens (including phenoxy) is 1. The predicted molar refractivity (Wildman–Crippen MR) is 82.7 cm³/mol. The van der Waals surface area contributed by atoms with Gasteiger partial charge in [-0.25, -0.2) is 0 Å². The number of carbonyl (C=O) groups excluding carboxylic acids is 2. The molecule has 0 bridgehead atoms. The standard InChI is InChI=1S/C16H30N2O3/c1-21-15(19)10-5-3-2-4-6-11-18-16(20)13-8-7-9-14(17)12-13/h13-14H,2-12,17H2,1H3,(H,18,20). The highest BCUT2D eigenvalue weighted by molar-refractivity contribution is 5.78. The summed E-state index contributed by atoms with van der Waals surface area (Å²) in [6.07, 6.45) is 9.56. The number of unbranched alkanes of at least 4 members (excludes halogenated alkanes) is 4. The topological polar surface area (TPSA) is 81.4 Å². The highest BCUT2D eigenvalue weighted by Crippen LogP contribution is 2.23. The molecular weight excluding hydrogens is 268 g/mol. The monoisotopic (exact) mass is 298 g/mol. The number of hydrogen-bond acceptors (Lipinski definition) is 4. The van der Waals surface area contributed by atoms with Gasteiger partial charge in [-0.1, -0.05) is 25.7 Å². The van der Waals surface area contributed by atoms with E-state index >= 15 is 0 Å². The molecule has 0 radical (unpaired) electrons. The number of amides is 1. The van der Waals surface area contributed by atoms with Gasteiger partial charge in [-0.15, -0.1) is 0 Å². The molecule has 0 aliphatic heterocycles. The Morgan fingerprint density at radius 1 is 1.14 bits per heavy atom. The molecule has 0 saturated heterocycles. The van der Waals surface area contributed by atoms with Crippen LogP contribution in [-0.2, 0) is 14.3 Å². The Morgan fingerprint density at radius 2 is 1.86 bits per heavy atom. The van der Waals surface area contributed by atoms with E-state index in [1.54, 1.807) is 0 Å². The van der Waals surface area contributed by atoms with Crippen LogP contribution in [-0.4, -0.2) is 31.6 Å². The molecule has 0 spiro atoms. The number of rotatable bonds is 9. The quantitative estimate of drug-likeness (QED) is 0.505. The van der Waals surface area contributed by atoms with E-state index in [2.05, 4.69) is 10.1 Å². The normalized spacial score (nSPS) is 21.8. The van der Waals surface area contributed by atoms with Crippen molar-refractivity contribution >= 4 is 11.9 Å². The van der Waals surface area contributed by atoms with Crippen molar-refractivity contribution in [2.24, 2.45) is 11.7 Å². The van der Waals surface area contributed by atoms with Crippen molar-refractivity contribution in [3.05, 3.63) is 0 Å². The van der Waals surface area contributed by atoms with Crippen LogP contribution in [0.4, 0.5) is 0 Å². The van der Waals surface area contributed by atoms with Crippen LogP contribution in [0.2, 0.25) is 0 Å². The van der Waals surface area contributed by atoms with E-state index < -0.39 is 0 Å². The minimum atomic E-state index is -0.132. The van der Waals surface area contributed by atoms with Gasteiger partial charge in [0.1, 0.15) is 0 Å². The summed E-state index contributed by atoms with van der Waals surface area (Å²) in [7, 11) is 1.42. The van der Waals surface area contributed by atoms with E-state index in [9.17, 15) is 9.59 Å². The fourth-order valence-corrected chi connectivity index (χ4v) is 2.85. The zero-order valence-electron chi connectivity index (χ0n) is 13.2. The van der Waals surface area contributed by atoms with Gasteiger partial charge >= 0.3 is 5.97 Å². The molecule has 2 unspecified atom stereocenters. The smallest absolute Gasteiger partial charge is 0.305 e. The number of methoxy groups -OCH3 is 1. The summed E-state index contributed by atoms with van der Waals surface area (Å²) in [5, 5.41) is 3.02. The van der Waals surface area contributed by atoms with Crippen LogP contribution < -0.4 is 11.1 Å². The highest BCUT2D eigenvalue weighted by Gasteiger charge is 2.24.